The SMILES string of the molecule is CCCCNC(=O)[C@@H](C)N(Cc1ccc(Cl)cc1)C(=O)COc1ccc(C(C)C)cc1. The molecule has 0 aliphatic heterocycles. The van der Waals surface area contributed by atoms with Crippen LogP contribution < -0.4 is 10.1 Å². The van der Waals surface area contributed by atoms with Crippen molar-refractivity contribution in [2.75, 3.05) is 13.2 Å². The van der Waals surface area contributed by atoms with Crippen molar-refractivity contribution in [1.82, 2.24) is 10.2 Å². The Hall–Kier alpha value is -2.53. The molecule has 0 aliphatic rings. The first-order chi connectivity index (χ1) is 14.8. The molecule has 0 radical (unpaired) electrons. The Morgan fingerprint density at radius 1 is 1.03 bits per heavy atom. The molecule has 168 valence electrons. The third-order valence-electron chi connectivity index (χ3n) is 5.17. The van der Waals surface area contributed by atoms with E-state index in [1.165, 1.54) is 5.56 Å². The van der Waals surface area contributed by atoms with Gasteiger partial charge in [-0.2, -0.15) is 0 Å². The number of rotatable bonds is 11. The molecule has 0 fully saturated rings. The average Bonchev–Trinajstić information content (AvgIpc) is 2.77. The monoisotopic (exact) mass is 444 g/mol. The second-order valence-electron chi connectivity index (χ2n) is 7.98. The summed E-state index contributed by atoms with van der Waals surface area (Å²) in [6.45, 7) is 8.82. The second kappa shape index (κ2) is 12.4. The number of halogens is 1. The van der Waals surface area contributed by atoms with E-state index in [2.05, 4.69) is 26.1 Å². The molecule has 5 nitrogen and oxygen atoms in total. The summed E-state index contributed by atoms with van der Waals surface area (Å²) in [5.41, 5.74) is 2.10. The van der Waals surface area contributed by atoms with Crippen molar-refractivity contribution < 1.29 is 14.3 Å². The number of hydrogen-bond donors (Lipinski definition) is 1. The molecule has 2 aromatic rings. The zero-order valence-corrected chi connectivity index (χ0v) is 19.6. The van der Waals surface area contributed by atoms with Crippen LogP contribution in [0, 0.1) is 0 Å². The van der Waals surface area contributed by atoms with Gasteiger partial charge in [-0.05, 0) is 54.7 Å². The molecular formula is C25H33ClN2O3. The Morgan fingerprint density at radius 3 is 2.26 bits per heavy atom. The van der Waals surface area contributed by atoms with Gasteiger partial charge in [0.25, 0.3) is 5.91 Å². The normalized spacial score (nSPS) is 11.8. The number of carbonyl (C=O) groups is 2. The van der Waals surface area contributed by atoms with E-state index in [0.717, 1.165) is 18.4 Å². The van der Waals surface area contributed by atoms with E-state index in [9.17, 15) is 9.59 Å². The van der Waals surface area contributed by atoms with Crippen LogP contribution in [0.3, 0.4) is 0 Å². The summed E-state index contributed by atoms with van der Waals surface area (Å²) in [7, 11) is 0. The molecule has 0 aromatic heterocycles. The first-order valence-electron chi connectivity index (χ1n) is 10.9. The largest absolute Gasteiger partial charge is 0.484 e. The van der Waals surface area contributed by atoms with Crippen LogP contribution in [0.25, 0.3) is 0 Å². The van der Waals surface area contributed by atoms with Crippen molar-refractivity contribution in [2.24, 2.45) is 0 Å². The van der Waals surface area contributed by atoms with Crippen LogP contribution in [0.2, 0.25) is 5.02 Å². The minimum absolute atomic E-state index is 0.138. The summed E-state index contributed by atoms with van der Waals surface area (Å²) in [6.07, 6.45) is 1.89. The molecule has 1 atom stereocenters. The van der Waals surface area contributed by atoms with Gasteiger partial charge in [0.15, 0.2) is 6.61 Å². The zero-order valence-electron chi connectivity index (χ0n) is 18.9. The Balaban J connectivity index is 2.08. The minimum atomic E-state index is -0.619. The van der Waals surface area contributed by atoms with Crippen molar-refractivity contribution in [3.8, 4) is 5.75 Å². The molecule has 0 bridgehead atoms. The number of carbonyl (C=O) groups excluding carboxylic acids is 2. The van der Waals surface area contributed by atoms with E-state index in [1.54, 1.807) is 24.0 Å². The quantitative estimate of drug-likeness (QED) is 0.486. The van der Waals surface area contributed by atoms with Gasteiger partial charge in [-0.25, -0.2) is 0 Å². The van der Waals surface area contributed by atoms with Gasteiger partial charge in [0.1, 0.15) is 11.8 Å². The number of benzene rings is 2. The third kappa shape index (κ3) is 7.91. The van der Waals surface area contributed by atoms with Gasteiger partial charge >= 0.3 is 0 Å². The fourth-order valence-electron chi connectivity index (χ4n) is 3.08. The predicted molar refractivity (Wildman–Crippen MR) is 125 cm³/mol. The van der Waals surface area contributed by atoms with Crippen molar-refractivity contribution >= 4 is 23.4 Å². The summed E-state index contributed by atoms with van der Waals surface area (Å²) in [4.78, 5) is 27.2. The van der Waals surface area contributed by atoms with Crippen LogP contribution in [-0.2, 0) is 16.1 Å². The van der Waals surface area contributed by atoms with E-state index in [1.807, 2.05) is 36.4 Å². The molecule has 0 saturated carbocycles. The average molecular weight is 445 g/mol. The molecule has 2 rings (SSSR count). The van der Waals surface area contributed by atoms with E-state index >= 15 is 0 Å². The van der Waals surface area contributed by atoms with Gasteiger partial charge in [0, 0.05) is 18.1 Å². The lowest BCUT2D eigenvalue weighted by Gasteiger charge is -2.28. The third-order valence-corrected chi connectivity index (χ3v) is 5.42. The molecular weight excluding hydrogens is 412 g/mol. The summed E-state index contributed by atoms with van der Waals surface area (Å²) in [6, 6.07) is 14.4. The lowest BCUT2D eigenvalue weighted by Crippen LogP contribution is -2.49. The van der Waals surface area contributed by atoms with E-state index < -0.39 is 6.04 Å². The van der Waals surface area contributed by atoms with Gasteiger partial charge in [0.2, 0.25) is 5.91 Å². The highest BCUT2D eigenvalue weighted by molar-refractivity contribution is 6.30. The highest BCUT2D eigenvalue weighted by Crippen LogP contribution is 2.19. The first kappa shape index (κ1) is 24.7. The fourth-order valence-corrected chi connectivity index (χ4v) is 3.21. The maximum absolute atomic E-state index is 13.0. The molecule has 1 N–H and O–H groups in total. The molecule has 31 heavy (non-hydrogen) atoms. The zero-order chi connectivity index (χ0) is 22.8. The molecule has 0 spiro atoms. The maximum atomic E-state index is 13.0. The number of ether oxygens (including phenoxy) is 1. The number of nitrogens with one attached hydrogen (secondary N) is 1. The van der Waals surface area contributed by atoms with Crippen molar-refractivity contribution in [3.05, 3.63) is 64.7 Å². The van der Waals surface area contributed by atoms with Crippen LogP contribution >= 0.6 is 11.6 Å². The number of nitrogens with zero attached hydrogens (tertiary/aromatic N) is 1. The molecule has 0 heterocycles. The lowest BCUT2D eigenvalue weighted by atomic mass is 10.0. The summed E-state index contributed by atoms with van der Waals surface area (Å²) in [5.74, 6) is 0.639. The van der Waals surface area contributed by atoms with Crippen LogP contribution in [0.15, 0.2) is 48.5 Å². The minimum Gasteiger partial charge on any atom is -0.484 e. The van der Waals surface area contributed by atoms with Gasteiger partial charge in [-0.15, -0.1) is 0 Å². The number of amides is 2. The van der Waals surface area contributed by atoms with Crippen LogP contribution in [0.1, 0.15) is 57.6 Å². The standard InChI is InChI=1S/C25H33ClN2O3/c1-5-6-15-27-25(30)19(4)28(16-20-7-11-22(26)12-8-20)24(29)17-31-23-13-9-21(10-14-23)18(2)3/h7-14,18-19H,5-6,15-17H2,1-4H3,(H,27,30)/t19-/m1/s1. The topological polar surface area (TPSA) is 58.6 Å². The summed E-state index contributed by atoms with van der Waals surface area (Å²) >= 11 is 5.98. The Morgan fingerprint density at radius 2 is 1.68 bits per heavy atom. The molecule has 0 saturated heterocycles. The number of hydrogen-bond acceptors (Lipinski definition) is 3. The fraction of sp³-hybridized carbons (Fsp3) is 0.440. The highest BCUT2D eigenvalue weighted by atomic mass is 35.5. The van der Waals surface area contributed by atoms with Crippen molar-refractivity contribution in [2.45, 2.75) is 59.0 Å². The maximum Gasteiger partial charge on any atom is 0.261 e. The molecule has 2 aromatic carbocycles. The summed E-state index contributed by atoms with van der Waals surface area (Å²) in [5, 5.41) is 3.53. The molecule has 0 aliphatic carbocycles. The Kier molecular flexibility index (Phi) is 9.86. The lowest BCUT2D eigenvalue weighted by molar-refractivity contribution is -0.142. The van der Waals surface area contributed by atoms with E-state index in [-0.39, 0.29) is 18.4 Å². The van der Waals surface area contributed by atoms with Crippen molar-refractivity contribution in [1.29, 1.82) is 0 Å². The number of unbranched alkanes of at least 4 members (excludes halogenated alkanes) is 1. The van der Waals surface area contributed by atoms with E-state index in [4.69, 9.17) is 16.3 Å². The molecule has 6 heteroatoms. The Labute approximate surface area is 190 Å². The summed E-state index contributed by atoms with van der Waals surface area (Å²) < 4.78 is 5.72. The van der Waals surface area contributed by atoms with Gasteiger partial charge < -0.3 is 15.0 Å². The van der Waals surface area contributed by atoms with Crippen LogP contribution in [-0.4, -0.2) is 35.9 Å². The van der Waals surface area contributed by atoms with Crippen LogP contribution in [0.4, 0.5) is 0 Å². The predicted octanol–water partition coefficient (Wildman–Crippen LogP) is 5.18. The second-order valence-corrected chi connectivity index (χ2v) is 8.42. The molecule has 0 unspecified atom stereocenters. The van der Waals surface area contributed by atoms with Gasteiger partial charge in [0.05, 0.1) is 0 Å². The van der Waals surface area contributed by atoms with Crippen molar-refractivity contribution in [3.63, 3.8) is 0 Å². The van der Waals surface area contributed by atoms with E-state index in [0.29, 0.717) is 29.8 Å². The smallest absolute Gasteiger partial charge is 0.261 e. The first-order valence-corrected chi connectivity index (χ1v) is 11.2. The van der Waals surface area contributed by atoms with Crippen LogP contribution in [0.5, 0.6) is 5.75 Å². The van der Waals surface area contributed by atoms with Gasteiger partial charge in [-0.1, -0.05) is 63.1 Å². The molecule has 2 amide bonds. The highest BCUT2D eigenvalue weighted by Gasteiger charge is 2.26. The Bertz CT molecular complexity index is 835. The van der Waals surface area contributed by atoms with Gasteiger partial charge in [-0.3, -0.25) is 9.59 Å².